The molecule has 0 unspecified atom stereocenters. The predicted octanol–water partition coefficient (Wildman–Crippen LogP) is 2.31. The number of likely N-dealkylation sites (tertiary alicyclic amines) is 2. The topological polar surface area (TPSA) is 58.4 Å². The fourth-order valence-corrected chi connectivity index (χ4v) is 4.32. The second-order valence-electron chi connectivity index (χ2n) is 7.58. The molecule has 2 saturated heterocycles. The van der Waals surface area contributed by atoms with Crippen molar-refractivity contribution in [1.29, 1.82) is 0 Å². The molecule has 0 spiro atoms. The van der Waals surface area contributed by atoms with Gasteiger partial charge in [-0.25, -0.2) is 4.98 Å². The molecule has 138 valence electrons. The lowest BCUT2D eigenvalue weighted by Gasteiger charge is -2.36. The van der Waals surface area contributed by atoms with Crippen LogP contribution in [-0.4, -0.2) is 57.3 Å². The Morgan fingerprint density at radius 3 is 2.16 bits per heavy atom. The summed E-state index contributed by atoms with van der Waals surface area (Å²) in [5.74, 6) is 1.94. The molecular weight excluding hydrogens is 316 g/mol. The molecule has 3 rings (SSSR count). The van der Waals surface area contributed by atoms with Gasteiger partial charge in [-0.15, -0.1) is 0 Å². The van der Waals surface area contributed by atoms with Crippen LogP contribution in [0.3, 0.4) is 0 Å². The van der Waals surface area contributed by atoms with E-state index in [0.717, 1.165) is 57.7 Å². The Bertz CT molecular complexity index is 604. The fourth-order valence-electron chi connectivity index (χ4n) is 4.32. The fraction of sp³-hybridized carbons (Fsp3) is 0.737. The number of imidazole rings is 1. The van der Waals surface area contributed by atoms with Crippen LogP contribution < -0.4 is 0 Å². The molecule has 2 aliphatic heterocycles. The smallest absolute Gasteiger partial charge is 0.222 e. The molecule has 1 aromatic rings. The van der Waals surface area contributed by atoms with Gasteiger partial charge in [0, 0.05) is 57.5 Å². The summed E-state index contributed by atoms with van der Waals surface area (Å²) in [4.78, 5) is 32.4. The van der Waals surface area contributed by atoms with E-state index in [1.807, 2.05) is 16.0 Å². The summed E-state index contributed by atoms with van der Waals surface area (Å²) in [5, 5.41) is 0. The minimum absolute atomic E-state index is 0.150. The normalized spacial score (nSPS) is 20.1. The van der Waals surface area contributed by atoms with Crippen LogP contribution in [0.25, 0.3) is 0 Å². The lowest BCUT2D eigenvalue weighted by Crippen LogP contribution is -2.42. The Labute approximate surface area is 150 Å². The zero-order valence-corrected chi connectivity index (χ0v) is 15.7. The molecule has 0 aromatic carbocycles. The Hall–Kier alpha value is -1.85. The van der Waals surface area contributed by atoms with Crippen LogP contribution in [0.4, 0.5) is 0 Å². The number of hydrogen-bond acceptors (Lipinski definition) is 3. The van der Waals surface area contributed by atoms with E-state index in [9.17, 15) is 9.59 Å². The zero-order chi connectivity index (χ0) is 18.0. The molecule has 2 aliphatic rings. The number of rotatable bonds is 3. The molecule has 0 bridgehead atoms. The first kappa shape index (κ1) is 18.0. The average Bonchev–Trinajstić information content (AvgIpc) is 2.94. The minimum atomic E-state index is 0.150. The maximum atomic E-state index is 12.6. The van der Waals surface area contributed by atoms with E-state index >= 15 is 0 Å². The first-order chi connectivity index (χ1) is 12.0. The number of carbonyl (C=O) groups excluding carboxylic acids is 2. The van der Waals surface area contributed by atoms with Crippen LogP contribution in [0.15, 0.2) is 6.20 Å². The van der Waals surface area contributed by atoms with Crippen molar-refractivity contribution in [2.24, 2.45) is 5.92 Å². The van der Waals surface area contributed by atoms with Crippen molar-refractivity contribution < 1.29 is 9.59 Å². The van der Waals surface area contributed by atoms with Crippen molar-refractivity contribution in [3.05, 3.63) is 17.7 Å². The highest BCUT2D eigenvalue weighted by molar-refractivity contribution is 5.76. The quantitative estimate of drug-likeness (QED) is 0.844. The standard InChI is InChI=1S/C19H30N4O2/c1-14-13-20-15(2)23(14)18-6-10-22(11-7-18)19(25)12-17-4-8-21(9-5-17)16(3)24/h13,17-18H,4-12H2,1-3H3. The molecule has 0 atom stereocenters. The van der Waals surface area contributed by atoms with Crippen molar-refractivity contribution in [3.63, 3.8) is 0 Å². The monoisotopic (exact) mass is 346 g/mol. The molecule has 2 fully saturated rings. The van der Waals surface area contributed by atoms with Gasteiger partial charge in [0.2, 0.25) is 11.8 Å². The van der Waals surface area contributed by atoms with E-state index in [4.69, 9.17) is 0 Å². The summed E-state index contributed by atoms with van der Waals surface area (Å²) in [6.45, 7) is 9.06. The van der Waals surface area contributed by atoms with Gasteiger partial charge in [0.05, 0.1) is 0 Å². The van der Waals surface area contributed by atoms with Gasteiger partial charge in [0.15, 0.2) is 0 Å². The Kier molecular flexibility index (Phi) is 5.45. The van der Waals surface area contributed by atoms with Crippen LogP contribution in [0.5, 0.6) is 0 Å². The largest absolute Gasteiger partial charge is 0.343 e. The molecule has 0 aliphatic carbocycles. The molecular formula is C19H30N4O2. The predicted molar refractivity (Wildman–Crippen MR) is 96.1 cm³/mol. The van der Waals surface area contributed by atoms with E-state index in [0.29, 0.717) is 24.3 Å². The van der Waals surface area contributed by atoms with Gasteiger partial charge in [-0.05, 0) is 45.4 Å². The maximum Gasteiger partial charge on any atom is 0.222 e. The number of aryl methyl sites for hydroxylation is 2. The van der Waals surface area contributed by atoms with Crippen molar-refractivity contribution >= 4 is 11.8 Å². The highest BCUT2D eigenvalue weighted by Gasteiger charge is 2.28. The van der Waals surface area contributed by atoms with Crippen molar-refractivity contribution in [2.45, 2.75) is 58.9 Å². The van der Waals surface area contributed by atoms with E-state index < -0.39 is 0 Å². The molecule has 6 heteroatoms. The van der Waals surface area contributed by atoms with Crippen molar-refractivity contribution in [2.75, 3.05) is 26.2 Å². The molecule has 1 aromatic heterocycles. The summed E-state index contributed by atoms with van der Waals surface area (Å²) >= 11 is 0. The van der Waals surface area contributed by atoms with Gasteiger partial charge in [-0.2, -0.15) is 0 Å². The highest BCUT2D eigenvalue weighted by atomic mass is 16.2. The Morgan fingerprint density at radius 2 is 1.64 bits per heavy atom. The van der Waals surface area contributed by atoms with Crippen LogP contribution in [-0.2, 0) is 9.59 Å². The minimum Gasteiger partial charge on any atom is -0.343 e. The number of aromatic nitrogens is 2. The first-order valence-corrected chi connectivity index (χ1v) is 9.49. The SMILES string of the molecule is CC(=O)N1CCC(CC(=O)N2CCC(n3c(C)cnc3C)CC2)CC1. The summed E-state index contributed by atoms with van der Waals surface area (Å²) in [7, 11) is 0. The van der Waals surface area contributed by atoms with E-state index in [1.54, 1.807) is 6.92 Å². The average molecular weight is 346 g/mol. The van der Waals surface area contributed by atoms with Crippen LogP contribution >= 0.6 is 0 Å². The van der Waals surface area contributed by atoms with Gasteiger partial charge in [0.25, 0.3) is 0 Å². The number of hydrogen-bond donors (Lipinski definition) is 0. The van der Waals surface area contributed by atoms with Crippen molar-refractivity contribution in [1.82, 2.24) is 19.4 Å². The van der Waals surface area contributed by atoms with E-state index in [1.165, 1.54) is 5.69 Å². The zero-order valence-electron chi connectivity index (χ0n) is 15.7. The van der Waals surface area contributed by atoms with Gasteiger partial charge in [-0.1, -0.05) is 0 Å². The van der Waals surface area contributed by atoms with Crippen LogP contribution in [0.2, 0.25) is 0 Å². The van der Waals surface area contributed by atoms with Crippen LogP contribution in [0, 0.1) is 19.8 Å². The summed E-state index contributed by atoms with van der Waals surface area (Å²) in [5.41, 5.74) is 1.21. The Balaban J connectivity index is 1.47. The molecule has 3 heterocycles. The van der Waals surface area contributed by atoms with Crippen LogP contribution in [0.1, 0.15) is 56.6 Å². The third-order valence-corrected chi connectivity index (χ3v) is 5.87. The second-order valence-corrected chi connectivity index (χ2v) is 7.58. The molecule has 0 radical (unpaired) electrons. The second kappa shape index (κ2) is 7.58. The number of nitrogens with zero attached hydrogens (tertiary/aromatic N) is 4. The summed E-state index contributed by atoms with van der Waals surface area (Å²) in [6, 6.07) is 0.463. The summed E-state index contributed by atoms with van der Waals surface area (Å²) in [6.07, 6.45) is 6.49. The van der Waals surface area contributed by atoms with E-state index in [-0.39, 0.29) is 5.91 Å². The van der Waals surface area contributed by atoms with Gasteiger partial charge in [0.1, 0.15) is 5.82 Å². The highest BCUT2D eigenvalue weighted by Crippen LogP contribution is 2.27. The third-order valence-electron chi connectivity index (χ3n) is 5.87. The molecule has 0 saturated carbocycles. The van der Waals surface area contributed by atoms with Gasteiger partial charge in [-0.3, -0.25) is 9.59 Å². The van der Waals surface area contributed by atoms with E-state index in [2.05, 4.69) is 23.4 Å². The molecule has 2 amide bonds. The summed E-state index contributed by atoms with van der Waals surface area (Å²) < 4.78 is 2.32. The third kappa shape index (κ3) is 4.05. The lowest BCUT2D eigenvalue weighted by atomic mass is 9.92. The molecule has 25 heavy (non-hydrogen) atoms. The lowest BCUT2D eigenvalue weighted by molar-refractivity contribution is -0.134. The number of carbonyl (C=O) groups is 2. The van der Waals surface area contributed by atoms with Crippen molar-refractivity contribution in [3.8, 4) is 0 Å². The van der Waals surface area contributed by atoms with Gasteiger partial charge >= 0.3 is 0 Å². The van der Waals surface area contributed by atoms with Gasteiger partial charge < -0.3 is 14.4 Å². The number of piperidine rings is 2. The molecule has 6 nitrogen and oxygen atoms in total. The Morgan fingerprint density at radius 1 is 1.04 bits per heavy atom. The number of amides is 2. The maximum absolute atomic E-state index is 12.6. The molecule has 0 N–H and O–H groups in total. The first-order valence-electron chi connectivity index (χ1n) is 9.49.